The number of aliphatic hydroxyl groups excluding tert-OH is 1. The van der Waals surface area contributed by atoms with Crippen molar-refractivity contribution < 1.29 is 5.11 Å². The number of rotatable bonds is 4. The van der Waals surface area contributed by atoms with Crippen molar-refractivity contribution in [3.8, 4) is 0 Å². The predicted molar refractivity (Wildman–Crippen MR) is 81.3 cm³/mol. The second-order valence-electron chi connectivity index (χ2n) is 6.37. The van der Waals surface area contributed by atoms with Crippen LogP contribution in [0.5, 0.6) is 0 Å². The summed E-state index contributed by atoms with van der Waals surface area (Å²) in [5.41, 5.74) is 2.03. The van der Waals surface area contributed by atoms with Crippen molar-refractivity contribution in [2.75, 3.05) is 18.1 Å². The smallest absolute Gasteiger partial charge is 0.155 e. The van der Waals surface area contributed by atoms with Gasteiger partial charge in [-0.15, -0.1) is 0 Å². The van der Waals surface area contributed by atoms with Gasteiger partial charge in [0.15, 0.2) is 5.82 Å². The summed E-state index contributed by atoms with van der Waals surface area (Å²) in [6, 6.07) is 2.36. The lowest BCUT2D eigenvalue weighted by molar-refractivity contribution is 0.298. The van der Waals surface area contributed by atoms with Crippen molar-refractivity contribution in [1.29, 1.82) is 0 Å². The van der Waals surface area contributed by atoms with Crippen LogP contribution in [0, 0.1) is 0 Å². The second kappa shape index (κ2) is 5.40. The molecule has 0 saturated heterocycles. The minimum absolute atomic E-state index is 0.00291. The average molecular weight is 276 g/mol. The van der Waals surface area contributed by atoms with E-state index in [1.54, 1.807) is 6.20 Å². The molecular weight excluding hydrogens is 252 g/mol. The lowest BCUT2D eigenvalue weighted by Crippen LogP contribution is -2.34. The van der Waals surface area contributed by atoms with E-state index in [9.17, 15) is 5.11 Å². The molecule has 2 aromatic rings. The molecule has 0 spiro atoms. The minimum Gasteiger partial charge on any atom is -0.395 e. The van der Waals surface area contributed by atoms with Crippen LogP contribution in [0.3, 0.4) is 0 Å². The SMILES string of the molecule is CC(C)N(CCO)c1nccn2nc(C(C)(C)C)cc12. The van der Waals surface area contributed by atoms with Crippen molar-refractivity contribution >= 4 is 11.3 Å². The molecule has 0 aromatic carbocycles. The summed E-state index contributed by atoms with van der Waals surface area (Å²) < 4.78 is 1.87. The maximum absolute atomic E-state index is 9.26. The summed E-state index contributed by atoms with van der Waals surface area (Å²) >= 11 is 0. The Morgan fingerprint density at radius 2 is 2.05 bits per heavy atom. The highest BCUT2D eigenvalue weighted by Gasteiger charge is 2.21. The number of hydrogen-bond donors (Lipinski definition) is 1. The summed E-state index contributed by atoms with van der Waals surface area (Å²) in [6.07, 6.45) is 3.63. The van der Waals surface area contributed by atoms with Gasteiger partial charge in [0.2, 0.25) is 0 Å². The van der Waals surface area contributed by atoms with E-state index in [2.05, 4.69) is 55.7 Å². The van der Waals surface area contributed by atoms with Gasteiger partial charge >= 0.3 is 0 Å². The summed E-state index contributed by atoms with van der Waals surface area (Å²) in [6.45, 7) is 11.3. The van der Waals surface area contributed by atoms with Crippen molar-refractivity contribution in [3.63, 3.8) is 0 Å². The molecule has 110 valence electrons. The molecule has 1 N–H and O–H groups in total. The van der Waals surface area contributed by atoms with E-state index in [1.807, 2.05) is 10.7 Å². The zero-order chi connectivity index (χ0) is 14.9. The zero-order valence-corrected chi connectivity index (χ0v) is 13.0. The molecule has 0 saturated carbocycles. The zero-order valence-electron chi connectivity index (χ0n) is 13.0. The van der Waals surface area contributed by atoms with Gasteiger partial charge in [0, 0.05) is 30.4 Å². The summed E-state index contributed by atoms with van der Waals surface area (Å²) in [7, 11) is 0. The first kappa shape index (κ1) is 14.8. The molecule has 5 heteroatoms. The van der Waals surface area contributed by atoms with Crippen molar-refractivity contribution in [3.05, 3.63) is 24.2 Å². The van der Waals surface area contributed by atoms with Crippen LogP contribution in [0.2, 0.25) is 0 Å². The Morgan fingerprint density at radius 1 is 1.35 bits per heavy atom. The fourth-order valence-electron chi connectivity index (χ4n) is 2.21. The van der Waals surface area contributed by atoms with E-state index in [0.717, 1.165) is 17.0 Å². The van der Waals surface area contributed by atoms with E-state index in [-0.39, 0.29) is 18.1 Å². The fraction of sp³-hybridized carbons (Fsp3) is 0.600. The second-order valence-corrected chi connectivity index (χ2v) is 6.37. The molecule has 2 rings (SSSR count). The largest absolute Gasteiger partial charge is 0.395 e. The van der Waals surface area contributed by atoms with Crippen molar-refractivity contribution in [1.82, 2.24) is 14.6 Å². The van der Waals surface area contributed by atoms with Crippen LogP contribution in [0.15, 0.2) is 18.5 Å². The monoisotopic (exact) mass is 276 g/mol. The molecule has 0 aliphatic heterocycles. The first-order valence-electron chi connectivity index (χ1n) is 7.07. The molecule has 0 atom stereocenters. The van der Waals surface area contributed by atoms with Gasteiger partial charge in [0.05, 0.1) is 12.3 Å². The minimum atomic E-state index is 0.00291. The fourth-order valence-corrected chi connectivity index (χ4v) is 2.21. The maximum Gasteiger partial charge on any atom is 0.155 e. The molecule has 0 aliphatic rings. The van der Waals surface area contributed by atoms with E-state index < -0.39 is 0 Å². The number of fused-ring (bicyclic) bond motifs is 1. The number of aromatic nitrogens is 3. The Balaban J connectivity index is 2.56. The summed E-state index contributed by atoms with van der Waals surface area (Å²) in [5, 5.41) is 13.9. The van der Waals surface area contributed by atoms with Gasteiger partial charge in [-0.05, 0) is 19.9 Å². The van der Waals surface area contributed by atoms with Gasteiger partial charge in [-0.1, -0.05) is 20.8 Å². The van der Waals surface area contributed by atoms with Crippen LogP contribution in [-0.2, 0) is 5.41 Å². The molecule has 0 bridgehead atoms. The van der Waals surface area contributed by atoms with E-state index in [1.165, 1.54) is 0 Å². The van der Waals surface area contributed by atoms with Crippen LogP contribution in [-0.4, -0.2) is 38.9 Å². The normalized spacial score (nSPS) is 12.3. The third kappa shape index (κ3) is 2.77. The first-order chi connectivity index (χ1) is 9.34. The van der Waals surface area contributed by atoms with Gasteiger partial charge in [-0.3, -0.25) is 0 Å². The Bertz CT molecular complexity index is 583. The summed E-state index contributed by atoms with van der Waals surface area (Å²) in [5.74, 6) is 0.875. The molecule has 0 fully saturated rings. The van der Waals surface area contributed by atoms with E-state index in [0.29, 0.717) is 6.54 Å². The van der Waals surface area contributed by atoms with Gasteiger partial charge in [-0.25, -0.2) is 9.50 Å². The first-order valence-corrected chi connectivity index (χ1v) is 7.07. The maximum atomic E-state index is 9.26. The number of anilines is 1. The number of hydrogen-bond acceptors (Lipinski definition) is 4. The van der Waals surface area contributed by atoms with Crippen LogP contribution in [0.4, 0.5) is 5.82 Å². The number of aliphatic hydroxyl groups is 1. The highest BCUT2D eigenvalue weighted by molar-refractivity contribution is 5.69. The molecule has 0 aliphatic carbocycles. The van der Waals surface area contributed by atoms with Crippen LogP contribution in [0.25, 0.3) is 5.52 Å². The standard InChI is InChI=1S/C15H24N4O/c1-11(2)18(8-9-20)14-12-10-13(15(3,4)5)17-19(12)7-6-16-14/h6-7,10-11,20H,8-9H2,1-5H3. The Hall–Kier alpha value is -1.62. The van der Waals surface area contributed by atoms with Crippen LogP contribution in [0.1, 0.15) is 40.3 Å². The highest BCUT2D eigenvalue weighted by atomic mass is 16.3. The third-order valence-corrected chi connectivity index (χ3v) is 3.37. The average Bonchev–Trinajstić information content (AvgIpc) is 2.79. The number of nitrogens with zero attached hydrogens (tertiary/aromatic N) is 4. The molecule has 2 heterocycles. The molecule has 5 nitrogen and oxygen atoms in total. The Kier molecular flexibility index (Phi) is 3.99. The van der Waals surface area contributed by atoms with Gasteiger partial charge in [0.25, 0.3) is 0 Å². The predicted octanol–water partition coefficient (Wildman–Crippen LogP) is 2.23. The van der Waals surface area contributed by atoms with Gasteiger partial charge in [-0.2, -0.15) is 5.10 Å². The molecular formula is C15H24N4O. The quantitative estimate of drug-likeness (QED) is 0.930. The van der Waals surface area contributed by atoms with E-state index >= 15 is 0 Å². The van der Waals surface area contributed by atoms with E-state index in [4.69, 9.17) is 0 Å². The van der Waals surface area contributed by atoms with Crippen LogP contribution >= 0.6 is 0 Å². The molecule has 20 heavy (non-hydrogen) atoms. The lowest BCUT2D eigenvalue weighted by Gasteiger charge is -2.27. The highest BCUT2D eigenvalue weighted by Crippen LogP contribution is 2.26. The third-order valence-electron chi connectivity index (χ3n) is 3.37. The Morgan fingerprint density at radius 3 is 2.60 bits per heavy atom. The topological polar surface area (TPSA) is 53.7 Å². The summed E-state index contributed by atoms with van der Waals surface area (Å²) in [4.78, 5) is 6.60. The van der Waals surface area contributed by atoms with Crippen LogP contribution < -0.4 is 4.90 Å². The van der Waals surface area contributed by atoms with Crippen molar-refractivity contribution in [2.24, 2.45) is 0 Å². The Labute approximate surface area is 120 Å². The molecule has 0 amide bonds. The van der Waals surface area contributed by atoms with Crippen molar-refractivity contribution in [2.45, 2.75) is 46.1 Å². The molecule has 2 aromatic heterocycles. The van der Waals surface area contributed by atoms with Gasteiger partial charge < -0.3 is 10.0 Å². The lowest BCUT2D eigenvalue weighted by atomic mass is 9.92. The molecule has 0 unspecified atom stereocenters. The molecule has 0 radical (unpaired) electrons. The van der Waals surface area contributed by atoms with Gasteiger partial charge in [0.1, 0.15) is 5.52 Å².